The van der Waals surface area contributed by atoms with Gasteiger partial charge in [-0.25, -0.2) is 0 Å². The number of nitrogens with zero attached hydrogens (tertiary/aromatic N) is 1. The molecule has 2 fully saturated rings. The van der Waals surface area contributed by atoms with Crippen LogP contribution in [0.4, 0.5) is 11.4 Å². The Morgan fingerprint density at radius 1 is 1.18 bits per heavy atom. The van der Waals surface area contributed by atoms with Crippen molar-refractivity contribution >= 4 is 23.2 Å². The molecule has 2 N–H and O–H groups in total. The molecule has 5 heteroatoms. The molecule has 5 nitrogen and oxygen atoms in total. The molecule has 2 aliphatic heterocycles. The second-order valence-corrected chi connectivity index (χ2v) is 6.15. The highest BCUT2D eigenvalue weighted by Crippen LogP contribution is 2.23. The Morgan fingerprint density at radius 3 is 2.64 bits per heavy atom. The van der Waals surface area contributed by atoms with E-state index in [4.69, 9.17) is 0 Å². The van der Waals surface area contributed by atoms with Crippen LogP contribution in [0.1, 0.15) is 32.1 Å². The van der Waals surface area contributed by atoms with E-state index in [2.05, 4.69) is 21.6 Å². The van der Waals surface area contributed by atoms with Crippen LogP contribution in [0.2, 0.25) is 0 Å². The van der Waals surface area contributed by atoms with Gasteiger partial charge in [-0.2, -0.15) is 0 Å². The fourth-order valence-electron chi connectivity index (χ4n) is 3.14. The average molecular weight is 301 g/mol. The molecule has 1 unspecified atom stereocenters. The van der Waals surface area contributed by atoms with Crippen LogP contribution in [0.15, 0.2) is 24.3 Å². The van der Waals surface area contributed by atoms with Gasteiger partial charge in [-0.15, -0.1) is 0 Å². The Morgan fingerprint density at radius 2 is 1.95 bits per heavy atom. The summed E-state index contributed by atoms with van der Waals surface area (Å²) < 4.78 is 0. The van der Waals surface area contributed by atoms with Crippen molar-refractivity contribution in [2.75, 3.05) is 29.9 Å². The van der Waals surface area contributed by atoms with Crippen LogP contribution in [0.5, 0.6) is 0 Å². The van der Waals surface area contributed by atoms with Crippen molar-refractivity contribution in [3.05, 3.63) is 24.3 Å². The fraction of sp³-hybridized carbons (Fsp3) is 0.529. The number of hydrogen-bond acceptors (Lipinski definition) is 3. The molecule has 1 atom stereocenters. The summed E-state index contributed by atoms with van der Waals surface area (Å²) in [5, 5.41) is 5.64. The third kappa shape index (κ3) is 3.59. The molecule has 0 spiro atoms. The van der Waals surface area contributed by atoms with Crippen molar-refractivity contribution in [3.63, 3.8) is 0 Å². The standard InChI is InChI=1S/C17H23N3O2/c21-16-10-13(12-18-16)17(22)19-14-6-5-7-15(11-14)20-8-3-1-2-4-9-20/h5-7,11,13H,1-4,8-10,12H2,(H,18,21)(H,19,22). The van der Waals surface area contributed by atoms with Gasteiger partial charge in [0.15, 0.2) is 0 Å². The first-order chi connectivity index (χ1) is 10.7. The highest BCUT2D eigenvalue weighted by molar-refractivity contribution is 5.97. The second kappa shape index (κ2) is 6.81. The number of anilines is 2. The summed E-state index contributed by atoms with van der Waals surface area (Å²) in [5.41, 5.74) is 1.98. The number of benzene rings is 1. The zero-order valence-corrected chi connectivity index (χ0v) is 12.8. The van der Waals surface area contributed by atoms with Gasteiger partial charge in [-0.3, -0.25) is 9.59 Å². The molecule has 118 valence electrons. The molecule has 2 aliphatic rings. The van der Waals surface area contributed by atoms with E-state index >= 15 is 0 Å². The van der Waals surface area contributed by atoms with E-state index in [1.54, 1.807) is 0 Å². The quantitative estimate of drug-likeness (QED) is 0.899. The minimum atomic E-state index is -0.255. The number of rotatable bonds is 3. The Hall–Kier alpha value is -2.04. The van der Waals surface area contributed by atoms with Gasteiger partial charge in [0.25, 0.3) is 0 Å². The molecular formula is C17H23N3O2. The van der Waals surface area contributed by atoms with Crippen LogP contribution in [0.3, 0.4) is 0 Å². The normalized spacial score (nSPS) is 22.1. The van der Waals surface area contributed by atoms with Crippen LogP contribution < -0.4 is 15.5 Å². The molecular weight excluding hydrogens is 278 g/mol. The maximum atomic E-state index is 12.2. The zero-order valence-electron chi connectivity index (χ0n) is 12.8. The van der Waals surface area contributed by atoms with E-state index in [1.807, 2.05) is 18.2 Å². The van der Waals surface area contributed by atoms with Crippen LogP contribution >= 0.6 is 0 Å². The van der Waals surface area contributed by atoms with Crippen molar-refractivity contribution in [1.29, 1.82) is 0 Å². The average Bonchev–Trinajstić information content (AvgIpc) is 2.79. The topological polar surface area (TPSA) is 61.4 Å². The molecule has 2 saturated heterocycles. The smallest absolute Gasteiger partial charge is 0.229 e. The Bertz CT molecular complexity index is 551. The maximum absolute atomic E-state index is 12.2. The summed E-state index contributed by atoms with van der Waals surface area (Å²) >= 11 is 0. The van der Waals surface area contributed by atoms with Crippen molar-refractivity contribution in [2.45, 2.75) is 32.1 Å². The molecule has 0 saturated carbocycles. The van der Waals surface area contributed by atoms with Crippen molar-refractivity contribution in [1.82, 2.24) is 5.32 Å². The predicted octanol–water partition coefficient (Wildman–Crippen LogP) is 2.14. The van der Waals surface area contributed by atoms with Crippen LogP contribution in [-0.2, 0) is 9.59 Å². The Kier molecular flexibility index (Phi) is 4.61. The van der Waals surface area contributed by atoms with Gasteiger partial charge in [0.05, 0.1) is 5.92 Å². The van der Waals surface area contributed by atoms with Gasteiger partial charge in [0, 0.05) is 37.4 Å². The second-order valence-electron chi connectivity index (χ2n) is 6.15. The monoisotopic (exact) mass is 301 g/mol. The Labute approximate surface area is 131 Å². The fourth-order valence-corrected chi connectivity index (χ4v) is 3.14. The summed E-state index contributed by atoms with van der Waals surface area (Å²) in [6.07, 6.45) is 5.35. The number of amides is 2. The maximum Gasteiger partial charge on any atom is 0.229 e. The number of carbonyl (C=O) groups excluding carboxylic acids is 2. The summed E-state index contributed by atoms with van der Waals surface area (Å²) in [5.74, 6) is -0.376. The van der Waals surface area contributed by atoms with Gasteiger partial charge < -0.3 is 15.5 Å². The van der Waals surface area contributed by atoms with E-state index in [0.717, 1.165) is 18.8 Å². The summed E-state index contributed by atoms with van der Waals surface area (Å²) in [7, 11) is 0. The largest absolute Gasteiger partial charge is 0.371 e. The third-order valence-electron chi connectivity index (χ3n) is 4.43. The highest BCUT2D eigenvalue weighted by atomic mass is 16.2. The first kappa shape index (κ1) is 14.9. The minimum Gasteiger partial charge on any atom is -0.371 e. The Balaban J connectivity index is 1.65. The van der Waals surface area contributed by atoms with E-state index in [0.29, 0.717) is 6.54 Å². The molecule has 3 rings (SSSR count). The van der Waals surface area contributed by atoms with Crippen molar-refractivity contribution in [2.24, 2.45) is 5.92 Å². The molecule has 0 radical (unpaired) electrons. The third-order valence-corrected chi connectivity index (χ3v) is 4.43. The number of hydrogen-bond donors (Lipinski definition) is 2. The lowest BCUT2D eigenvalue weighted by Gasteiger charge is -2.23. The van der Waals surface area contributed by atoms with E-state index in [1.165, 1.54) is 31.4 Å². The van der Waals surface area contributed by atoms with E-state index < -0.39 is 0 Å². The molecule has 1 aromatic carbocycles. The molecule has 0 aromatic heterocycles. The highest BCUT2D eigenvalue weighted by Gasteiger charge is 2.27. The lowest BCUT2D eigenvalue weighted by atomic mass is 10.1. The lowest BCUT2D eigenvalue weighted by molar-refractivity contribution is -0.123. The van der Waals surface area contributed by atoms with Crippen LogP contribution in [0.25, 0.3) is 0 Å². The van der Waals surface area contributed by atoms with Crippen LogP contribution in [0, 0.1) is 5.92 Å². The summed E-state index contributed by atoms with van der Waals surface area (Å²) in [6, 6.07) is 8.02. The first-order valence-corrected chi connectivity index (χ1v) is 8.15. The van der Waals surface area contributed by atoms with E-state index in [-0.39, 0.29) is 24.2 Å². The molecule has 22 heavy (non-hydrogen) atoms. The zero-order chi connectivity index (χ0) is 15.4. The lowest BCUT2D eigenvalue weighted by Crippen LogP contribution is -2.26. The predicted molar refractivity (Wildman–Crippen MR) is 86.9 cm³/mol. The van der Waals surface area contributed by atoms with Gasteiger partial charge in [-0.05, 0) is 31.0 Å². The number of carbonyl (C=O) groups is 2. The summed E-state index contributed by atoms with van der Waals surface area (Å²) in [4.78, 5) is 25.8. The van der Waals surface area contributed by atoms with Crippen molar-refractivity contribution in [3.8, 4) is 0 Å². The summed E-state index contributed by atoms with van der Waals surface area (Å²) in [6.45, 7) is 2.60. The molecule has 2 heterocycles. The van der Waals surface area contributed by atoms with Gasteiger partial charge in [-0.1, -0.05) is 18.9 Å². The van der Waals surface area contributed by atoms with Gasteiger partial charge >= 0.3 is 0 Å². The molecule has 2 amide bonds. The first-order valence-electron chi connectivity index (χ1n) is 8.15. The van der Waals surface area contributed by atoms with Gasteiger partial charge in [0.2, 0.25) is 11.8 Å². The SMILES string of the molecule is O=C1CC(C(=O)Nc2cccc(N3CCCCCC3)c2)CN1. The number of nitrogens with one attached hydrogen (secondary N) is 2. The van der Waals surface area contributed by atoms with E-state index in [9.17, 15) is 9.59 Å². The van der Waals surface area contributed by atoms with Gasteiger partial charge in [0.1, 0.15) is 0 Å². The molecule has 0 bridgehead atoms. The molecule has 0 aliphatic carbocycles. The van der Waals surface area contributed by atoms with Crippen LogP contribution in [-0.4, -0.2) is 31.4 Å². The van der Waals surface area contributed by atoms with Crippen molar-refractivity contribution < 1.29 is 9.59 Å². The molecule has 1 aromatic rings. The minimum absolute atomic E-state index is 0.0431.